The molecule has 3 N–H and O–H groups in total. The fourth-order valence-corrected chi connectivity index (χ4v) is 1.04. The van der Waals surface area contributed by atoms with Crippen molar-refractivity contribution in [2.75, 3.05) is 13.2 Å². The van der Waals surface area contributed by atoms with Gasteiger partial charge in [-0.2, -0.15) is 0 Å². The average molecular weight is 131 g/mol. The topological polar surface area (TPSA) is 55.5 Å². The number of ether oxygens (including phenoxy) is 1. The second-order valence-corrected chi connectivity index (χ2v) is 2.57. The molecule has 1 rings (SSSR count). The minimum Gasteiger partial charge on any atom is -0.386 e. The van der Waals surface area contributed by atoms with E-state index in [1.165, 1.54) is 0 Å². The fourth-order valence-electron chi connectivity index (χ4n) is 1.04. The van der Waals surface area contributed by atoms with Crippen LogP contribution in [0.25, 0.3) is 0 Å². The molecule has 9 heavy (non-hydrogen) atoms. The summed E-state index contributed by atoms with van der Waals surface area (Å²) in [5.74, 6) is 0. The van der Waals surface area contributed by atoms with E-state index in [1.807, 2.05) is 6.92 Å². The average Bonchev–Trinajstić information content (AvgIpc) is 2.15. The molecule has 0 aromatic heterocycles. The van der Waals surface area contributed by atoms with Gasteiger partial charge in [0, 0.05) is 19.6 Å². The molecule has 1 heterocycles. The molecule has 0 saturated carbocycles. The van der Waals surface area contributed by atoms with Gasteiger partial charge in [-0.05, 0) is 6.92 Å². The first-order chi connectivity index (χ1) is 4.19. The molecule has 54 valence electrons. The van der Waals surface area contributed by atoms with E-state index < -0.39 is 5.60 Å². The summed E-state index contributed by atoms with van der Waals surface area (Å²) >= 11 is 0. The summed E-state index contributed by atoms with van der Waals surface area (Å²) in [7, 11) is 0. The van der Waals surface area contributed by atoms with Crippen LogP contribution in [0, 0.1) is 0 Å². The molecule has 0 aromatic rings. The molecular weight excluding hydrogens is 118 g/mol. The van der Waals surface area contributed by atoms with Crippen molar-refractivity contribution in [2.24, 2.45) is 5.73 Å². The SMILES string of the molecule is C[C@H]1OCC[C@@]1(O)CN. The molecule has 0 radical (unpaired) electrons. The largest absolute Gasteiger partial charge is 0.386 e. The van der Waals surface area contributed by atoms with Gasteiger partial charge < -0.3 is 15.6 Å². The number of nitrogens with two attached hydrogens (primary N) is 1. The summed E-state index contributed by atoms with van der Waals surface area (Å²) in [6.07, 6.45) is 0.576. The van der Waals surface area contributed by atoms with Crippen LogP contribution in [0.15, 0.2) is 0 Å². The summed E-state index contributed by atoms with van der Waals surface area (Å²) in [6, 6.07) is 0. The van der Waals surface area contributed by atoms with Crippen LogP contribution >= 0.6 is 0 Å². The van der Waals surface area contributed by atoms with E-state index in [0.29, 0.717) is 19.6 Å². The Kier molecular flexibility index (Phi) is 1.75. The van der Waals surface area contributed by atoms with E-state index in [2.05, 4.69) is 0 Å². The molecule has 0 aliphatic carbocycles. The summed E-state index contributed by atoms with van der Waals surface area (Å²) in [5.41, 5.74) is 4.58. The van der Waals surface area contributed by atoms with Crippen LogP contribution in [-0.2, 0) is 4.74 Å². The van der Waals surface area contributed by atoms with Gasteiger partial charge in [-0.3, -0.25) is 0 Å². The van der Waals surface area contributed by atoms with Crippen LogP contribution in [0.3, 0.4) is 0 Å². The number of hydrogen-bond donors (Lipinski definition) is 2. The van der Waals surface area contributed by atoms with Gasteiger partial charge in [-0.25, -0.2) is 0 Å². The molecule has 3 nitrogen and oxygen atoms in total. The predicted octanol–water partition coefficient (Wildman–Crippen LogP) is -0.515. The minimum atomic E-state index is -0.750. The summed E-state index contributed by atoms with van der Waals surface area (Å²) < 4.78 is 5.13. The second-order valence-electron chi connectivity index (χ2n) is 2.57. The highest BCUT2D eigenvalue weighted by Gasteiger charge is 2.37. The van der Waals surface area contributed by atoms with E-state index in [-0.39, 0.29) is 6.10 Å². The van der Waals surface area contributed by atoms with Gasteiger partial charge in [0.25, 0.3) is 0 Å². The molecule has 0 amide bonds. The first kappa shape index (κ1) is 6.99. The van der Waals surface area contributed by atoms with Crippen molar-refractivity contribution in [3.63, 3.8) is 0 Å². The lowest BCUT2D eigenvalue weighted by molar-refractivity contribution is -0.0204. The van der Waals surface area contributed by atoms with Gasteiger partial charge in [0.15, 0.2) is 0 Å². The van der Waals surface area contributed by atoms with E-state index in [1.54, 1.807) is 0 Å². The van der Waals surface area contributed by atoms with Crippen LogP contribution in [-0.4, -0.2) is 30.0 Å². The van der Waals surface area contributed by atoms with Gasteiger partial charge in [0.05, 0.1) is 6.10 Å². The number of aliphatic hydroxyl groups is 1. The summed E-state index contributed by atoms with van der Waals surface area (Å²) in [6.45, 7) is 2.78. The lowest BCUT2D eigenvalue weighted by atomic mass is 9.97. The van der Waals surface area contributed by atoms with E-state index in [4.69, 9.17) is 10.5 Å². The van der Waals surface area contributed by atoms with Crippen molar-refractivity contribution >= 4 is 0 Å². The Balaban J connectivity index is 2.56. The molecule has 1 fully saturated rings. The standard InChI is InChI=1S/C6H13NO2/c1-5-6(8,4-7)2-3-9-5/h5,8H,2-4,7H2,1H3/t5-,6-/m1/s1. The maximum atomic E-state index is 9.52. The highest BCUT2D eigenvalue weighted by Crippen LogP contribution is 2.23. The predicted molar refractivity (Wildman–Crippen MR) is 34.0 cm³/mol. The first-order valence-electron chi connectivity index (χ1n) is 3.23. The highest BCUT2D eigenvalue weighted by molar-refractivity contribution is 4.90. The number of rotatable bonds is 1. The lowest BCUT2D eigenvalue weighted by Gasteiger charge is -2.23. The third-order valence-corrected chi connectivity index (χ3v) is 2.01. The Morgan fingerprint density at radius 2 is 2.56 bits per heavy atom. The van der Waals surface area contributed by atoms with Crippen LogP contribution in [0.1, 0.15) is 13.3 Å². The maximum absolute atomic E-state index is 9.52. The van der Waals surface area contributed by atoms with Crippen molar-refractivity contribution in [2.45, 2.75) is 25.0 Å². The first-order valence-corrected chi connectivity index (χ1v) is 3.23. The molecule has 0 aromatic carbocycles. The zero-order chi connectivity index (χ0) is 6.91. The third kappa shape index (κ3) is 1.08. The van der Waals surface area contributed by atoms with Gasteiger partial charge in [0.1, 0.15) is 5.60 Å². The van der Waals surface area contributed by atoms with Gasteiger partial charge in [-0.1, -0.05) is 0 Å². The molecule has 0 unspecified atom stereocenters. The van der Waals surface area contributed by atoms with Crippen LogP contribution in [0.2, 0.25) is 0 Å². The monoisotopic (exact) mass is 131 g/mol. The van der Waals surface area contributed by atoms with Gasteiger partial charge in [0.2, 0.25) is 0 Å². The van der Waals surface area contributed by atoms with Crippen LogP contribution in [0.4, 0.5) is 0 Å². The van der Waals surface area contributed by atoms with Gasteiger partial charge in [-0.15, -0.1) is 0 Å². The molecule has 1 aliphatic heterocycles. The van der Waals surface area contributed by atoms with Crippen molar-refractivity contribution < 1.29 is 9.84 Å². The molecule has 0 bridgehead atoms. The highest BCUT2D eigenvalue weighted by atomic mass is 16.5. The molecular formula is C6H13NO2. The molecule has 3 heteroatoms. The van der Waals surface area contributed by atoms with E-state index >= 15 is 0 Å². The van der Waals surface area contributed by atoms with Crippen LogP contribution < -0.4 is 5.73 Å². The molecule has 1 aliphatic rings. The second kappa shape index (κ2) is 2.25. The third-order valence-electron chi connectivity index (χ3n) is 2.01. The summed E-state index contributed by atoms with van der Waals surface area (Å²) in [4.78, 5) is 0. The molecule has 1 saturated heterocycles. The molecule has 0 spiro atoms. The van der Waals surface area contributed by atoms with Crippen molar-refractivity contribution in [3.8, 4) is 0 Å². The Bertz CT molecular complexity index is 107. The smallest absolute Gasteiger partial charge is 0.105 e. The zero-order valence-electron chi connectivity index (χ0n) is 5.63. The molecule has 2 atom stereocenters. The van der Waals surface area contributed by atoms with E-state index in [9.17, 15) is 5.11 Å². The lowest BCUT2D eigenvalue weighted by Crippen LogP contribution is -2.43. The fraction of sp³-hybridized carbons (Fsp3) is 1.00. The Hall–Kier alpha value is -0.120. The van der Waals surface area contributed by atoms with E-state index in [0.717, 1.165) is 0 Å². The van der Waals surface area contributed by atoms with Crippen molar-refractivity contribution in [1.82, 2.24) is 0 Å². The maximum Gasteiger partial charge on any atom is 0.105 e. The van der Waals surface area contributed by atoms with Crippen molar-refractivity contribution in [1.29, 1.82) is 0 Å². The minimum absolute atomic E-state index is 0.0949. The number of hydrogen-bond acceptors (Lipinski definition) is 3. The quantitative estimate of drug-likeness (QED) is 0.503. The van der Waals surface area contributed by atoms with Crippen LogP contribution in [0.5, 0.6) is 0 Å². The normalized spacial score (nSPS) is 43.7. The Morgan fingerprint density at radius 3 is 2.78 bits per heavy atom. The zero-order valence-corrected chi connectivity index (χ0v) is 5.63. The summed E-state index contributed by atoms with van der Waals surface area (Å²) in [5, 5.41) is 9.52. The Labute approximate surface area is 54.8 Å². The Morgan fingerprint density at radius 1 is 1.89 bits per heavy atom. The van der Waals surface area contributed by atoms with Crippen molar-refractivity contribution in [3.05, 3.63) is 0 Å². The van der Waals surface area contributed by atoms with Gasteiger partial charge >= 0.3 is 0 Å².